The minimum atomic E-state index is -0.749. The molecule has 68 valence electrons. The van der Waals surface area contributed by atoms with Gasteiger partial charge in [0.1, 0.15) is 6.61 Å². The van der Waals surface area contributed by atoms with Gasteiger partial charge in [-0.05, 0) is 0 Å². The first kappa shape index (κ1) is 13.8. The van der Waals surface area contributed by atoms with Gasteiger partial charge < -0.3 is 17.1 Å². The molecule has 0 aromatic carbocycles. The standard InChI is InChI=1S/C7H16O2P.ClH/c1-7(8)9-5-6-10(2,3)4;/h5-6H2,1-4H3;1H/q+1;/p-1. The van der Waals surface area contributed by atoms with Crippen molar-refractivity contribution in [2.45, 2.75) is 6.92 Å². The third kappa shape index (κ3) is 13.2. The Morgan fingerprint density at radius 2 is 1.82 bits per heavy atom. The van der Waals surface area contributed by atoms with Crippen molar-refractivity contribution in [2.75, 3.05) is 32.8 Å². The van der Waals surface area contributed by atoms with Crippen LogP contribution < -0.4 is 12.4 Å². The molecule has 0 spiro atoms. The lowest BCUT2D eigenvalue weighted by molar-refractivity contribution is -0.140. The van der Waals surface area contributed by atoms with Crippen molar-refractivity contribution in [3.05, 3.63) is 0 Å². The van der Waals surface area contributed by atoms with Crippen molar-refractivity contribution in [3.8, 4) is 0 Å². The second kappa shape index (κ2) is 5.79. The van der Waals surface area contributed by atoms with Crippen LogP contribution in [0.15, 0.2) is 0 Å². The molecular formula is C7H16ClO2P. The lowest BCUT2D eigenvalue weighted by atomic mass is 10.8. The fourth-order valence-corrected chi connectivity index (χ4v) is 1.10. The van der Waals surface area contributed by atoms with Crippen LogP contribution in [0.25, 0.3) is 0 Å². The molecule has 0 atom stereocenters. The summed E-state index contributed by atoms with van der Waals surface area (Å²) >= 11 is 0. The zero-order valence-electron chi connectivity index (χ0n) is 7.56. The van der Waals surface area contributed by atoms with Crippen LogP contribution in [-0.4, -0.2) is 38.7 Å². The summed E-state index contributed by atoms with van der Waals surface area (Å²) in [6, 6.07) is 0. The second-order valence-corrected chi connectivity index (χ2v) is 8.38. The van der Waals surface area contributed by atoms with Crippen LogP contribution in [0.5, 0.6) is 0 Å². The molecule has 0 heterocycles. The molecule has 0 aliphatic heterocycles. The fraction of sp³-hybridized carbons (Fsp3) is 0.857. The highest BCUT2D eigenvalue weighted by atomic mass is 35.5. The first-order valence-electron chi connectivity index (χ1n) is 3.35. The molecule has 0 bridgehead atoms. The van der Waals surface area contributed by atoms with E-state index in [1.807, 2.05) is 0 Å². The monoisotopic (exact) mass is 198 g/mol. The third-order valence-electron chi connectivity index (χ3n) is 1.07. The Morgan fingerprint density at radius 1 is 1.36 bits per heavy atom. The van der Waals surface area contributed by atoms with E-state index in [2.05, 4.69) is 20.0 Å². The Hall–Kier alpha value is 0.190. The predicted molar refractivity (Wildman–Crippen MR) is 46.2 cm³/mol. The van der Waals surface area contributed by atoms with Crippen molar-refractivity contribution in [1.29, 1.82) is 0 Å². The Labute approximate surface area is 75.4 Å². The summed E-state index contributed by atoms with van der Waals surface area (Å²) in [7, 11) is -0.749. The highest BCUT2D eigenvalue weighted by Gasteiger charge is 2.16. The van der Waals surface area contributed by atoms with E-state index in [1.165, 1.54) is 6.92 Å². The van der Waals surface area contributed by atoms with Crippen LogP contribution in [0.2, 0.25) is 0 Å². The SMILES string of the molecule is CC(=O)OCC[P+](C)(C)C.[Cl-]. The average Bonchev–Trinajstić information content (AvgIpc) is 1.59. The Balaban J connectivity index is 0. The van der Waals surface area contributed by atoms with Crippen LogP contribution in [0, 0.1) is 0 Å². The maximum Gasteiger partial charge on any atom is 0.302 e. The summed E-state index contributed by atoms with van der Waals surface area (Å²) in [5.74, 6) is -0.173. The van der Waals surface area contributed by atoms with Gasteiger partial charge in [0.2, 0.25) is 0 Å². The van der Waals surface area contributed by atoms with Crippen molar-refractivity contribution in [3.63, 3.8) is 0 Å². The Kier molecular flexibility index (Phi) is 7.24. The highest BCUT2D eigenvalue weighted by Crippen LogP contribution is 2.45. The number of carbonyl (C=O) groups is 1. The number of esters is 1. The molecule has 2 nitrogen and oxygen atoms in total. The first-order chi connectivity index (χ1) is 4.42. The summed E-state index contributed by atoms with van der Waals surface area (Å²) in [6.07, 6.45) is 1.03. The summed E-state index contributed by atoms with van der Waals surface area (Å²) in [5.41, 5.74) is 0. The van der Waals surface area contributed by atoms with Crippen molar-refractivity contribution in [2.24, 2.45) is 0 Å². The largest absolute Gasteiger partial charge is 1.00 e. The predicted octanol–water partition coefficient (Wildman–Crippen LogP) is -1.54. The lowest BCUT2D eigenvalue weighted by Crippen LogP contribution is -3.00. The van der Waals surface area contributed by atoms with Crippen LogP contribution in [-0.2, 0) is 9.53 Å². The average molecular weight is 199 g/mol. The van der Waals surface area contributed by atoms with Gasteiger partial charge in [0.15, 0.2) is 0 Å². The summed E-state index contributed by atoms with van der Waals surface area (Å²) in [6.45, 7) is 8.73. The van der Waals surface area contributed by atoms with Crippen LogP contribution in [0.1, 0.15) is 6.92 Å². The minimum absolute atomic E-state index is 0. The number of ether oxygens (including phenoxy) is 1. The molecular weight excluding hydrogens is 183 g/mol. The van der Waals surface area contributed by atoms with E-state index in [9.17, 15) is 4.79 Å². The van der Waals surface area contributed by atoms with Gasteiger partial charge in [-0.15, -0.1) is 0 Å². The smallest absolute Gasteiger partial charge is 0.302 e. The third-order valence-corrected chi connectivity index (χ3v) is 2.59. The Bertz CT molecular complexity index is 120. The lowest BCUT2D eigenvalue weighted by Gasteiger charge is -2.10. The molecule has 0 radical (unpaired) electrons. The number of rotatable bonds is 3. The van der Waals surface area contributed by atoms with E-state index in [1.54, 1.807) is 0 Å². The molecule has 0 saturated heterocycles. The normalized spacial score (nSPS) is 10.2. The van der Waals surface area contributed by atoms with E-state index in [4.69, 9.17) is 4.74 Å². The number of hydrogen-bond acceptors (Lipinski definition) is 2. The topological polar surface area (TPSA) is 26.3 Å². The molecule has 0 unspecified atom stereocenters. The fourth-order valence-electron chi connectivity index (χ4n) is 0.463. The Morgan fingerprint density at radius 3 is 2.09 bits per heavy atom. The molecule has 0 aromatic rings. The van der Waals surface area contributed by atoms with Gasteiger partial charge in [-0.3, -0.25) is 4.79 Å². The van der Waals surface area contributed by atoms with Crippen LogP contribution >= 0.6 is 7.26 Å². The molecule has 0 rings (SSSR count). The van der Waals surface area contributed by atoms with Gasteiger partial charge in [0.25, 0.3) is 0 Å². The first-order valence-corrected chi connectivity index (χ1v) is 6.67. The van der Waals surface area contributed by atoms with Crippen molar-refractivity contribution < 1.29 is 21.9 Å². The molecule has 0 amide bonds. The van der Waals surface area contributed by atoms with Gasteiger partial charge in [-0.2, -0.15) is 0 Å². The molecule has 11 heavy (non-hydrogen) atoms. The number of halogens is 1. The van der Waals surface area contributed by atoms with E-state index in [-0.39, 0.29) is 18.4 Å². The maximum absolute atomic E-state index is 10.3. The minimum Gasteiger partial charge on any atom is -1.00 e. The molecule has 0 fully saturated rings. The van der Waals surface area contributed by atoms with E-state index in [0.717, 1.165) is 6.16 Å². The van der Waals surface area contributed by atoms with Gasteiger partial charge in [0.05, 0.1) is 6.16 Å². The molecule has 0 N–H and O–H groups in total. The van der Waals surface area contributed by atoms with Crippen molar-refractivity contribution in [1.82, 2.24) is 0 Å². The quantitative estimate of drug-likeness (QED) is 0.406. The summed E-state index contributed by atoms with van der Waals surface area (Å²) in [5, 5.41) is 0. The zero-order valence-corrected chi connectivity index (χ0v) is 9.21. The summed E-state index contributed by atoms with van der Waals surface area (Å²) in [4.78, 5) is 10.3. The number of carbonyl (C=O) groups excluding carboxylic acids is 1. The van der Waals surface area contributed by atoms with E-state index in [0.29, 0.717) is 6.61 Å². The van der Waals surface area contributed by atoms with Gasteiger partial charge >= 0.3 is 5.97 Å². The number of hydrogen-bond donors (Lipinski definition) is 0. The van der Waals surface area contributed by atoms with Crippen LogP contribution in [0.4, 0.5) is 0 Å². The van der Waals surface area contributed by atoms with Crippen LogP contribution in [0.3, 0.4) is 0 Å². The molecule has 0 aliphatic rings. The second-order valence-electron chi connectivity index (χ2n) is 3.35. The zero-order chi connectivity index (χ0) is 8.20. The molecule has 0 saturated carbocycles. The van der Waals surface area contributed by atoms with E-state index >= 15 is 0 Å². The van der Waals surface area contributed by atoms with Crippen molar-refractivity contribution >= 4 is 13.2 Å². The maximum atomic E-state index is 10.3. The molecule has 0 aliphatic carbocycles. The highest BCUT2D eigenvalue weighted by molar-refractivity contribution is 7.73. The van der Waals surface area contributed by atoms with Gasteiger partial charge in [0, 0.05) is 34.2 Å². The van der Waals surface area contributed by atoms with E-state index < -0.39 is 7.26 Å². The summed E-state index contributed by atoms with van der Waals surface area (Å²) < 4.78 is 4.81. The molecule has 4 heteroatoms. The van der Waals surface area contributed by atoms with Gasteiger partial charge in [-0.25, -0.2) is 0 Å². The van der Waals surface area contributed by atoms with Gasteiger partial charge in [-0.1, -0.05) is 0 Å². The molecule has 0 aromatic heterocycles.